The highest BCUT2D eigenvalue weighted by molar-refractivity contribution is 6.31. The number of halogens is 1. The van der Waals surface area contributed by atoms with Gasteiger partial charge in [-0.2, -0.15) is 0 Å². The van der Waals surface area contributed by atoms with Crippen LogP contribution in [0.2, 0.25) is 5.02 Å². The Morgan fingerprint density at radius 2 is 2.00 bits per heavy atom. The van der Waals surface area contributed by atoms with Crippen molar-refractivity contribution in [2.45, 2.75) is 44.6 Å². The Bertz CT molecular complexity index is 705. The number of hydrogen-bond acceptors (Lipinski definition) is 3. The van der Waals surface area contributed by atoms with E-state index in [1.807, 2.05) is 18.5 Å². The van der Waals surface area contributed by atoms with Crippen LogP contribution in [0.25, 0.3) is 0 Å². The number of hydrogen-bond donors (Lipinski definition) is 0. The predicted molar refractivity (Wildman–Crippen MR) is 96.0 cm³/mol. The maximum atomic E-state index is 6.39. The van der Waals surface area contributed by atoms with E-state index in [1.54, 1.807) is 0 Å². The normalized spacial score (nSPS) is 23.8. The second kappa shape index (κ2) is 6.49. The Morgan fingerprint density at radius 1 is 1.21 bits per heavy atom. The predicted octanol–water partition coefficient (Wildman–Crippen LogP) is 4.02. The Hall–Kier alpha value is -1.39. The van der Waals surface area contributed by atoms with Crippen molar-refractivity contribution in [2.24, 2.45) is 12.5 Å². The summed E-state index contributed by atoms with van der Waals surface area (Å²) in [6.45, 7) is 3.13. The summed E-state index contributed by atoms with van der Waals surface area (Å²) in [5, 5.41) is 9.48. The first-order chi connectivity index (χ1) is 11.7. The van der Waals surface area contributed by atoms with Gasteiger partial charge in [-0.05, 0) is 29.9 Å². The molecule has 1 aromatic carbocycles. The van der Waals surface area contributed by atoms with Gasteiger partial charge in [0.2, 0.25) is 0 Å². The first-order valence-corrected chi connectivity index (χ1v) is 9.35. The number of rotatable bonds is 3. The van der Waals surface area contributed by atoms with Gasteiger partial charge in [-0.15, -0.1) is 10.2 Å². The minimum absolute atomic E-state index is 0.361. The van der Waals surface area contributed by atoms with Crippen LogP contribution < -0.4 is 0 Å². The zero-order chi connectivity index (χ0) is 16.6. The first-order valence-electron chi connectivity index (χ1n) is 8.98. The largest absolute Gasteiger partial charge is 0.320 e. The summed E-state index contributed by atoms with van der Waals surface area (Å²) in [6.07, 6.45) is 8.51. The molecule has 1 aliphatic heterocycles. The second-order valence-corrected chi connectivity index (χ2v) is 7.94. The van der Waals surface area contributed by atoms with E-state index in [0.717, 1.165) is 30.5 Å². The Morgan fingerprint density at radius 3 is 2.71 bits per heavy atom. The lowest BCUT2D eigenvalue weighted by molar-refractivity contribution is 0.164. The highest BCUT2D eigenvalue weighted by atomic mass is 35.5. The zero-order valence-corrected chi connectivity index (χ0v) is 15.0. The van der Waals surface area contributed by atoms with Crippen molar-refractivity contribution in [1.82, 2.24) is 19.7 Å². The van der Waals surface area contributed by atoms with Gasteiger partial charge in [-0.25, -0.2) is 0 Å². The molecule has 4 nitrogen and oxygen atoms in total. The van der Waals surface area contributed by atoms with Crippen molar-refractivity contribution >= 4 is 11.6 Å². The fourth-order valence-corrected chi connectivity index (χ4v) is 4.98. The molecule has 2 aromatic rings. The standard InChI is InChI=1S/C19H25ClN4/c1-23-14-21-22-18(23)16-12-24(11-15-7-3-4-8-17(15)20)13-19(16)9-5-2-6-10-19/h3-4,7-8,14,16H,2,5-6,9-13H2,1H3. The maximum absolute atomic E-state index is 6.39. The summed E-state index contributed by atoms with van der Waals surface area (Å²) in [5.74, 6) is 1.63. The third kappa shape index (κ3) is 2.86. The molecule has 0 amide bonds. The van der Waals surface area contributed by atoms with Crippen LogP contribution in [0, 0.1) is 5.41 Å². The number of benzene rings is 1. The molecule has 2 aliphatic rings. The monoisotopic (exact) mass is 344 g/mol. The van der Waals surface area contributed by atoms with Crippen molar-refractivity contribution in [3.8, 4) is 0 Å². The summed E-state index contributed by atoms with van der Waals surface area (Å²) in [6, 6.07) is 8.21. The number of likely N-dealkylation sites (tertiary alicyclic amines) is 1. The van der Waals surface area contributed by atoms with E-state index >= 15 is 0 Å². The van der Waals surface area contributed by atoms with E-state index in [4.69, 9.17) is 11.6 Å². The van der Waals surface area contributed by atoms with Gasteiger partial charge < -0.3 is 4.57 Å². The van der Waals surface area contributed by atoms with Crippen LogP contribution in [0.3, 0.4) is 0 Å². The smallest absolute Gasteiger partial charge is 0.137 e. The summed E-state index contributed by atoms with van der Waals surface area (Å²) in [4.78, 5) is 2.58. The topological polar surface area (TPSA) is 34.0 Å². The molecule has 2 heterocycles. The van der Waals surface area contributed by atoms with Crippen molar-refractivity contribution < 1.29 is 0 Å². The molecule has 1 saturated carbocycles. The van der Waals surface area contributed by atoms with Gasteiger partial charge in [-0.1, -0.05) is 49.1 Å². The molecule has 24 heavy (non-hydrogen) atoms. The number of aryl methyl sites for hydroxylation is 1. The zero-order valence-electron chi connectivity index (χ0n) is 14.3. The molecule has 1 aliphatic carbocycles. The van der Waals surface area contributed by atoms with E-state index in [9.17, 15) is 0 Å². The van der Waals surface area contributed by atoms with Crippen LogP contribution in [-0.4, -0.2) is 32.8 Å². The Labute approximate surface area is 148 Å². The van der Waals surface area contributed by atoms with E-state index in [-0.39, 0.29) is 0 Å². The average Bonchev–Trinajstić information content (AvgIpc) is 3.14. The van der Waals surface area contributed by atoms with E-state index in [2.05, 4.69) is 38.8 Å². The van der Waals surface area contributed by atoms with Crippen molar-refractivity contribution in [3.63, 3.8) is 0 Å². The summed E-state index contributed by atoms with van der Waals surface area (Å²) in [5.41, 5.74) is 1.59. The molecule has 2 fully saturated rings. The molecule has 0 N–H and O–H groups in total. The van der Waals surface area contributed by atoms with Crippen LogP contribution in [0.4, 0.5) is 0 Å². The van der Waals surface area contributed by atoms with Crippen LogP contribution in [0.15, 0.2) is 30.6 Å². The lowest BCUT2D eigenvalue weighted by Gasteiger charge is -2.37. The van der Waals surface area contributed by atoms with Gasteiger partial charge in [-0.3, -0.25) is 4.90 Å². The SMILES string of the molecule is Cn1cnnc1C1CN(Cc2ccccc2Cl)CC12CCCCC2. The van der Waals surface area contributed by atoms with Gasteiger partial charge in [0.25, 0.3) is 0 Å². The fraction of sp³-hybridized carbons (Fsp3) is 0.579. The van der Waals surface area contributed by atoms with Crippen LogP contribution >= 0.6 is 11.6 Å². The molecule has 1 saturated heterocycles. The van der Waals surface area contributed by atoms with E-state index in [0.29, 0.717) is 11.3 Å². The minimum atomic E-state index is 0.361. The van der Waals surface area contributed by atoms with Crippen molar-refractivity contribution in [2.75, 3.05) is 13.1 Å². The van der Waals surface area contributed by atoms with Gasteiger partial charge in [0.1, 0.15) is 12.2 Å². The van der Waals surface area contributed by atoms with E-state index < -0.39 is 0 Å². The number of aromatic nitrogens is 3. The lowest BCUT2D eigenvalue weighted by atomic mass is 9.67. The van der Waals surface area contributed by atoms with Crippen molar-refractivity contribution in [3.05, 3.63) is 47.0 Å². The van der Waals surface area contributed by atoms with Crippen LogP contribution in [0.1, 0.15) is 49.4 Å². The van der Waals surface area contributed by atoms with Gasteiger partial charge in [0.05, 0.1) is 0 Å². The molecule has 1 unspecified atom stereocenters. The molecule has 128 valence electrons. The van der Waals surface area contributed by atoms with Crippen LogP contribution in [0.5, 0.6) is 0 Å². The third-order valence-corrected chi connectivity index (χ3v) is 6.35. The van der Waals surface area contributed by atoms with E-state index in [1.165, 1.54) is 37.7 Å². The van der Waals surface area contributed by atoms with Gasteiger partial charge in [0.15, 0.2) is 0 Å². The van der Waals surface area contributed by atoms with Gasteiger partial charge >= 0.3 is 0 Å². The molecule has 5 heteroatoms. The fourth-order valence-electron chi connectivity index (χ4n) is 4.79. The average molecular weight is 345 g/mol. The molecule has 1 aromatic heterocycles. The lowest BCUT2D eigenvalue weighted by Crippen LogP contribution is -2.33. The summed E-state index contributed by atoms with van der Waals surface area (Å²) in [7, 11) is 2.07. The maximum Gasteiger partial charge on any atom is 0.137 e. The highest BCUT2D eigenvalue weighted by Crippen LogP contribution is 2.51. The molecular formula is C19H25ClN4. The molecule has 4 rings (SSSR count). The highest BCUT2D eigenvalue weighted by Gasteiger charge is 2.49. The number of nitrogens with zero attached hydrogens (tertiary/aromatic N) is 4. The molecule has 1 spiro atoms. The second-order valence-electron chi connectivity index (χ2n) is 7.54. The molecule has 0 bridgehead atoms. The quantitative estimate of drug-likeness (QED) is 0.843. The minimum Gasteiger partial charge on any atom is -0.320 e. The molecular weight excluding hydrogens is 320 g/mol. The first kappa shape index (κ1) is 16.1. The van der Waals surface area contributed by atoms with Gasteiger partial charge in [0, 0.05) is 37.6 Å². The molecule has 1 atom stereocenters. The third-order valence-electron chi connectivity index (χ3n) is 5.98. The Balaban J connectivity index is 1.61. The Kier molecular flexibility index (Phi) is 4.35. The summed E-state index contributed by atoms with van der Waals surface area (Å²) < 4.78 is 2.11. The van der Waals surface area contributed by atoms with Crippen molar-refractivity contribution in [1.29, 1.82) is 0 Å². The molecule has 0 radical (unpaired) electrons. The summed E-state index contributed by atoms with van der Waals surface area (Å²) >= 11 is 6.39. The van der Waals surface area contributed by atoms with Crippen LogP contribution in [-0.2, 0) is 13.6 Å².